The van der Waals surface area contributed by atoms with Gasteiger partial charge in [0.25, 0.3) is 5.91 Å². The molecule has 1 aromatic carbocycles. The number of amides is 1. The summed E-state index contributed by atoms with van der Waals surface area (Å²) in [5.74, 6) is 0.524. The minimum Gasteiger partial charge on any atom is -0.343 e. The lowest BCUT2D eigenvalue weighted by atomic mass is 10.1. The van der Waals surface area contributed by atoms with Crippen molar-refractivity contribution in [3.63, 3.8) is 0 Å². The Labute approximate surface area is 154 Å². The summed E-state index contributed by atoms with van der Waals surface area (Å²) < 4.78 is 5.19. The molecule has 0 atom stereocenters. The van der Waals surface area contributed by atoms with Crippen molar-refractivity contribution in [2.24, 2.45) is 0 Å². The third-order valence-electron chi connectivity index (χ3n) is 4.14. The van der Waals surface area contributed by atoms with Crippen LogP contribution in [0.2, 0.25) is 0 Å². The molecule has 0 aliphatic rings. The smallest absolute Gasteiger partial charge is 0.251 e. The predicted octanol–water partition coefficient (Wildman–Crippen LogP) is 2.62. The number of benzene rings is 1. The van der Waals surface area contributed by atoms with Gasteiger partial charge in [-0.05, 0) is 44.2 Å². The van der Waals surface area contributed by atoms with Gasteiger partial charge in [-0.1, -0.05) is 5.16 Å². The Morgan fingerprint density at radius 2 is 1.74 bits per heavy atom. The molecule has 1 amide bonds. The van der Waals surface area contributed by atoms with Crippen molar-refractivity contribution in [1.29, 1.82) is 0 Å². The van der Waals surface area contributed by atoms with E-state index in [1.165, 1.54) is 0 Å². The molecule has 0 spiro atoms. The summed E-state index contributed by atoms with van der Waals surface area (Å²) in [6, 6.07) is 8.80. The summed E-state index contributed by atoms with van der Waals surface area (Å²) >= 11 is 0. The topological polar surface area (TPSA) is 107 Å². The van der Waals surface area contributed by atoms with Crippen molar-refractivity contribution in [2.75, 3.05) is 0 Å². The third-order valence-corrected chi connectivity index (χ3v) is 4.14. The number of aromatic nitrogens is 5. The van der Waals surface area contributed by atoms with Gasteiger partial charge >= 0.3 is 0 Å². The fourth-order valence-corrected chi connectivity index (χ4v) is 2.57. The Morgan fingerprint density at radius 3 is 2.52 bits per heavy atom. The van der Waals surface area contributed by atoms with Gasteiger partial charge in [0, 0.05) is 23.5 Å². The van der Waals surface area contributed by atoms with Gasteiger partial charge in [0.2, 0.25) is 11.7 Å². The Bertz CT molecular complexity index is 1120. The van der Waals surface area contributed by atoms with E-state index in [9.17, 15) is 4.79 Å². The van der Waals surface area contributed by atoms with Crippen LogP contribution in [0.4, 0.5) is 0 Å². The number of rotatable bonds is 4. The van der Waals surface area contributed by atoms with Crippen LogP contribution < -0.4 is 5.32 Å². The molecule has 8 nitrogen and oxygen atoms in total. The van der Waals surface area contributed by atoms with Crippen LogP contribution in [0.25, 0.3) is 22.4 Å². The summed E-state index contributed by atoms with van der Waals surface area (Å²) in [6.07, 6.45) is 3.30. The molecular formula is C19H16N6O2. The van der Waals surface area contributed by atoms with Crippen LogP contribution >= 0.6 is 0 Å². The number of fused-ring (bicyclic) bond motifs is 1. The van der Waals surface area contributed by atoms with E-state index in [0.717, 1.165) is 22.5 Å². The van der Waals surface area contributed by atoms with Gasteiger partial charge in [-0.15, -0.1) is 0 Å². The molecule has 0 saturated carbocycles. The predicted molar refractivity (Wildman–Crippen MR) is 97.7 cm³/mol. The van der Waals surface area contributed by atoms with E-state index < -0.39 is 0 Å². The normalized spacial score (nSPS) is 10.9. The first kappa shape index (κ1) is 16.8. The van der Waals surface area contributed by atoms with Gasteiger partial charge in [-0.3, -0.25) is 9.78 Å². The first-order valence-electron chi connectivity index (χ1n) is 8.36. The quantitative estimate of drug-likeness (QED) is 0.596. The maximum absolute atomic E-state index is 12.4. The highest BCUT2D eigenvalue weighted by Gasteiger charge is 2.12. The molecule has 3 heterocycles. The maximum Gasteiger partial charge on any atom is 0.251 e. The van der Waals surface area contributed by atoms with Crippen molar-refractivity contribution in [1.82, 2.24) is 30.4 Å². The van der Waals surface area contributed by atoms with Gasteiger partial charge in [0.15, 0.2) is 0 Å². The molecule has 0 aliphatic carbocycles. The largest absolute Gasteiger partial charge is 0.343 e. The van der Waals surface area contributed by atoms with Crippen molar-refractivity contribution < 1.29 is 9.32 Å². The second-order valence-electron chi connectivity index (χ2n) is 6.03. The number of hydrogen-bond acceptors (Lipinski definition) is 7. The molecule has 0 saturated heterocycles. The molecular weight excluding hydrogens is 344 g/mol. The van der Waals surface area contributed by atoms with Crippen LogP contribution in [-0.2, 0) is 6.54 Å². The Morgan fingerprint density at radius 1 is 1.00 bits per heavy atom. The van der Waals surface area contributed by atoms with Crippen molar-refractivity contribution in [2.45, 2.75) is 20.4 Å². The number of carbonyl (C=O) groups is 1. The first-order valence-corrected chi connectivity index (χ1v) is 8.36. The molecule has 8 heteroatoms. The zero-order valence-corrected chi connectivity index (χ0v) is 14.8. The maximum atomic E-state index is 12.4. The summed E-state index contributed by atoms with van der Waals surface area (Å²) in [5.41, 5.74) is 4.45. The van der Waals surface area contributed by atoms with Crippen molar-refractivity contribution in [3.05, 3.63) is 65.6 Å². The van der Waals surface area contributed by atoms with Crippen LogP contribution in [0.5, 0.6) is 0 Å². The first-order chi connectivity index (χ1) is 13.1. The summed E-state index contributed by atoms with van der Waals surface area (Å²) in [6.45, 7) is 3.94. The number of carbonyl (C=O) groups excluding carboxylic acids is 1. The average molecular weight is 360 g/mol. The average Bonchev–Trinajstić information content (AvgIpc) is 3.16. The fourth-order valence-electron chi connectivity index (χ4n) is 2.57. The van der Waals surface area contributed by atoms with E-state index in [-0.39, 0.29) is 12.5 Å². The van der Waals surface area contributed by atoms with Crippen molar-refractivity contribution >= 4 is 16.9 Å². The van der Waals surface area contributed by atoms with Crippen LogP contribution in [0.15, 0.2) is 47.2 Å². The van der Waals surface area contributed by atoms with Gasteiger partial charge in [0.1, 0.15) is 0 Å². The van der Waals surface area contributed by atoms with Gasteiger partial charge in [-0.2, -0.15) is 4.98 Å². The molecule has 3 aromatic heterocycles. The minimum absolute atomic E-state index is 0.132. The molecule has 1 N–H and O–H groups in total. The zero-order chi connectivity index (χ0) is 18.8. The minimum atomic E-state index is -0.249. The van der Waals surface area contributed by atoms with E-state index in [1.54, 1.807) is 42.7 Å². The number of aryl methyl sites for hydroxylation is 2. The standard InChI is InChI=1S/C19H16N6O2/c1-11-12(2)23-16-9-14(3-4-15(16)22-11)19(26)21-10-17-24-18(25-27-17)13-5-7-20-8-6-13/h3-9H,10H2,1-2H3,(H,21,26). The highest BCUT2D eigenvalue weighted by atomic mass is 16.5. The van der Waals surface area contributed by atoms with Crippen LogP contribution in [0, 0.1) is 13.8 Å². The van der Waals surface area contributed by atoms with Gasteiger partial charge < -0.3 is 9.84 Å². The Balaban J connectivity index is 1.47. The fraction of sp³-hybridized carbons (Fsp3) is 0.158. The second kappa shape index (κ2) is 6.91. The van der Waals surface area contributed by atoms with E-state index in [2.05, 4.69) is 30.4 Å². The molecule has 0 radical (unpaired) electrons. The lowest BCUT2D eigenvalue weighted by Gasteiger charge is -2.05. The number of nitrogens with one attached hydrogen (secondary N) is 1. The van der Waals surface area contributed by atoms with Crippen LogP contribution in [-0.4, -0.2) is 31.0 Å². The number of pyridine rings is 1. The lowest BCUT2D eigenvalue weighted by Crippen LogP contribution is -2.23. The van der Waals surface area contributed by atoms with Gasteiger partial charge in [0.05, 0.1) is 29.0 Å². The summed E-state index contributed by atoms with van der Waals surface area (Å²) in [4.78, 5) is 29.6. The Hall–Kier alpha value is -3.68. The van der Waals surface area contributed by atoms with Crippen LogP contribution in [0.3, 0.4) is 0 Å². The molecule has 0 aliphatic heterocycles. The van der Waals surface area contributed by atoms with Gasteiger partial charge in [-0.25, -0.2) is 9.97 Å². The SMILES string of the molecule is Cc1nc2ccc(C(=O)NCc3nc(-c4ccncc4)no3)cc2nc1C. The summed E-state index contributed by atoms with van der Waals surface area (Å²) in [5, 5.41) is 6.69. The third kappa shape index (κ3) is 3.50. The monoisotopic (exact) mass is 360 g/mol. The zero-order valence-electron chi connectivity index (χ0n) is 14.8. The highest BCUT2D eigenvalue weighted by Crippen LogP contribution is 2.16. The number of nitrogens with zero attached hydrogens (tertiary/aromatic N) is 5. The van der Waals surface area contributed by atoms with E-state index in [1.807, 2.05) is 13.8 Å². The summed E-state index contributed by atoms with van der Waals surface area (Å²) in [7, 11) is 0. The molecule has 134 valence electrons. The molecule has 0 bridgehead atoms. The van der Waals surface area contributed by atoms with E-state index in [4.69, 9.17) is 4.52 Å². The molecule has 27 heavy (non-hydrogen) atoms. The lowest BCUT2D eigenvalue weighted by molar-refractivity contribution is 0.0946. The molecule has 4 aromatic rings. The van der Waals surface area contributed by atoms with E-state index >= 15 is 0 Å². The van der Waals surface area contributed by atoms with Crippen LogP contribution in [0.1, 0.15) is 27.6 Å². The second-order valence-corrected chi connectivity index (χ2v) is 6.03. The van der Waals surface area contributed by atoms with Crippen molar-refractivity contribution in [3.8, 4) is 11.4 Å². The highest BCUT2D eigenvalue weighted by molar-refractivity contribution is 5.97. The molecule has 0 unspecified atom stereocenters. The molecule has 4 rings (SSSR count). The molecule has 0 fully saturated rings. The number of hydrogen-bond donors (Lipinski definition) is 1. The van der Waals surface area contributed by atoms with E-state index in [0.29, 0.717) is 22.8 Å². The Kier molecular flexibility index (Phi) is 4.29.